The summed E-state index contributed by atoms with van der Waals surface area (Å²) in [6.45, 7) is 0. The zero-order valence-corrected chi connectivity index (χ0v) is 16.4. The van der Waals surface area contributed by atoms with Crippen molar-refractivity contribution in [2.75, 3.05) is 0 Å². The lowest BCUT2D eigenvalue weighted by atomic mass is 9.97. The highest BCUT2D eigenvalue weighted by molar-refractivity contribution is 6.21. The number of hydrogen-bond acceptors (Lipinski definition) is 6. The second kappa shape index (κ2) is 7.05. The van der Waals surface area contributed by atoms with Crippen molar-refractivity contribution in [1.82, 2.24) is 20.6 Å². The van der Waals surface area contributed by atoms with Gasteiger partial charge in [-0.2, -0.15) is 5.10 Å². The number of nitrogens with zero attached hydrogens (tertiary/aromatic N) is 2. The van der Waals surface area contributed by atoms with Crippen LogP contribution in [0.2, 0.25) is 0 Å². The lowest BCUT2D eigenvalue weighted by molar-refractivity contribution is -0.176. The normalized spacial score (nSPS) is 17.1. The number of aromatic nitrogens is 2. The summed E-state index contributed by atoms with van der Waals surface area (Å²) in [4.78, 5) is 56.5. The Balaban J connectivity index is 1.39. The predicted molar refractivity (Wildman–Crippen MR) is 108 cm³/mol. The molecular formula is C22H18N4O5. The van der Waals surface area contributed by atoms with Crippen LogP contribution in [-0.2, 0) is 9.63 Å². The molecule has 2 aliphatic rings. The van der Waals surface area contributed by atoms with Gasteiger partial charge < -0.3 is 10.2 Å². The van der Waals surface area contributed by atoms with Gasteiger partial charge in [0.25, 0.3) is 17.7 Å². The minimum absolute atomic E-state index is 0.162. The molecule has 0 spiro atoms. The molecule has 0 radical (unpaired) electrons. The van der Waals surface area contributed by atoms with Crippen molar-refractivity contribution in [2.45, 2.75) is 31.2 Å². The number of hydroxylamine groups is 2. The number of para-hydroxylation sites is 1. The first-order chi connectivity index (χ1) is 15.0. The molecular weight excluding hydrogens is 400 g/mol. The number of H-pyrrole nitrogens is 1. The summed E-state index contributed by atoms with van der Waals surface area (Å²) < 4.78 is 0. The molecule has 1 aliphatic carbocycles. The molecule has 2 aromatic carbocycles. The predicted octanol–water partition coefficient (Wildman–Crippen LogP) is 2.36. The molecule has 2 N–H and O–H groups in total. The Kier molecular flexibility index (Phi) is 4.32. The van der Waals surface area contributed by atoms with E-state index in [0.717, 1.165) is 0 Å². The molecule has 9 heteroatoms. The van der Waals surface area contributed by atoms with E-state index in [1.165, 1.54) is 12.1 Å². The van der Waals surface area contributed by atoms with Gasteiger partial charge in [0, 0.05) is 5.39 Å². The Hall–Kier alpha value is -4.01. The number of nitrogens with one attached hydrogen (secondary N) is 2. The van der Waals surface area contributed by atoms with Gasteiger partial charge in [-0.05, 0) is 31.0 Å². The molecule has 1 fully saturated rings. The SMILES string of the molecule is O=C(NC1(C(=O)ON2C(=O)c3ccccc3C2=O)CCCC1)c1n[nH]c2ccccc12. The summed E-state index contributed by atoms with van der Waals surface area (Å²) in [6.07, 6.45) is 2.06. The Morgan fingerprint density at radius 1 is 0.968 bits per heavy atom. The van der Waals surface area contributed by atoms with Crippen LogP contribution < -0.4 is 5.32 Å². The molecule has 0 saturated heterocycles. The smallest absolute Gasteiger partial charge is 0.335 e. The number of imide groups is 1. The molecule has 3 amide bonds. The highest BCUT2D eigenvalue weighted by Gasteiger charge is 2.48. The van der Waals surface area contributed by atoms with Crippen molar-refractivity contribution in [2.24, 2.45) is 0 Å². The van der Waals surface area contributed by atoms with Crippen molar-refractivity contribution in [1.29, 1.82) is 0 Å². The van der Waals surface area contributed by atoms with Crippen LogP contribution in [0.15, 0.2) is 48.5 Å². The second-order valence-electron chi connectivity index (χ2n) is 7.69. The Labute approximate surface area is 176 Å². The maximum Gasteiger partial charge on any atom is 0.358 e. The summed E-state index contributed by atoms with van der Waals surface area (Å²) in [6, 6.07) is 13.4. The van der Waals surface area contributed by atoms with Crippen molar-refractivity contribution >= 4 is 34.6 Å². The second-order valence-corrected chi connectivity index (χ2v) is 7.69. The van der Waals surface area contributed by atoms with Gasteiger partial charge in [-0.25, -0.2) is 4.79 Å². The molecule has 5 rings (SSSR count). The summed E-state index contributed by atoms with van der Waals surface area (Å²) in [5.41, 5.74) is -0.135. The molecule has 2 heterocycles. The summed E-state index contributed by atoms with van der Waals surface area (Å²) in [5.74, 6) is -2.77. The van der Waals surface area contributed by atoms with Crippen LogP contribution in [0.4, 0.5) is 0 Å². The van der Waals surface area contributed by atoms with E-state index in [1.807, 2.05) is 6.07 Å². The topological polar surface area (TPSA) is 121 Å². The lowest BCUT2D eigenvalue weighted by Crippen LogP contribution is -2.55. The van der Waals surface area contributed by atoms with Crippen LogP contribution in [0.25, 0.3) is 10.9 Å². The van der Waals surface area contributed by atoms with E-state index in [1.54, 1.807) is 30.3 Å². The van der Waals surface area contributed by atoms with Crippen LogP contribution in [0.5, 0.6) is 0 Å². The highest BCUT2D eigenvalue weighted by Crippen LogP contribution is 2.33. The maximum absolute atomic E-state index is 13.1. The van der Waals surface area contributed by atoms with E-state index in [-0.39, 0.29) is 16.8 Å². The fraction of sp³-hybridized carbons (Fsp3) is 0.227. The Morgan fingerprint density at radius 2 is 1.58 bits per heavy atom. The van der Waals surface area contributed by atoms with E-state index in [0.29, 0.717) is 41.6 Å². The molecule has 1 aliphatic heterocycles. The largest absolute Gasteiger partial charge is 0.358 e. The van der Waals surface area contributed by atoms with Crippen LogP contribution >= 0.6 is 0 Å². The average molecular weight is 418 g/mol. The van der Waals surface area contributed by atoms with Gasteiger partial charge in [0.1, 0.15) is 5.54 Å². The molecule has 0 unspecified atom stereocenters. The lowest BCUT2D eigenvalue weighted by Gasteiger charge is -2.28. The highest BCUT2D eigenvalue weighted by atomic mass is 16.7. The van der Waals surface area contributed by atoms with E-state index >= 15 is 0 Å². The summed E-state index contributed by atoms with van der Waals surface area (Å²) in [5, 5.41) is 10.7. The van der Waals surface area contributed by atoms with E-state index < -0.39 is 29.2 Å². The molecule has 3 aromatic rings. The minimum Gasteiger partial charge on any atom is -0.335 e. The third-order valence-corrected chi connectivity index (χ3v) is 5.82. The third kappa shape index (κ3) is 2.97. The summed E-state index contributed by atoms with van der Waals surface area (Å²) >= 11 is 0. The van der Waals surface area contributed by atoms with E-state index in [4.69, 9.17) is 4.84 Å². The van der Waals surface area contributed by atoms with Gasteiger partial charge in [-0.3, -0.25) is 19.5 Å². The first-order valence-electron chi connectivity index (χ1n) is 9.96. The number of carbonyl (C=O) groups is 4. The third-order valence-electron chi connectivity index (χ3n) is 5.82. The fourth-order valence-corrected chi connectivity index (χ4v) is 4.19. The van der Waals surface area contributed by atoms with Crippen molar-refractivity contribution in [3.05, 3.63) is 65.4 Å². The quantitative estimate of drug-likeness (QED) is 0.628. The zero-order valence-electron chi connectivity index (χ0n) is 16.4. The molecule has 156 valence electrons. The van der Waals surface area contributed by atoms with Crippen molar-refractivity contribution in [3.63, 3.8) is 0 Å². The van der Waals surface area contributed by atoms with E-state index in [9.17, 15) is 19.2 Å². The first-order valence-corrected chi connectivity index (χ1v) is 9.96. The number of benzene rings is 2. The molecule has 1 aromatic heterocycles. The Bertz CT molecular complexity index is 1210. The van der Waals surface area contributed by atoms with Gasteiger partial charge in [-0.15, -0.1) is 0 Å². The molecule has 31 heavy (non-hydrogen) atoms. The summed E-state index contributed by atoms with van der Waals surface area (Å²) in [7, 11) is 0. The molecule has 0 bridgehead atoms. The number of rotatable bonds is 4. The number of amides is 3. The number of hydrogen-bond donors (Lipinski definition) is 2. The number of carbonyl (C=O) groups excluding carboxylic acids is 4. The van der Waals surface area contributed by atoms with Gasteiger partial charge in [0.15, 0.2) is 5.69 Å². The number of fused-ring (bicyclic) bond motifs is 2. The first kappa shape index (κ1) is 19.0. The van der Waals surface area contributed by atoms with Gasteiger partial charge in [-0.1, -0.05) is 48.2 Å². The van der Waals surface area contributed by atoms with Gasteiger partial charge >= 0.3 is 5.97 Å². The van der Waals surface area contributed by atoms with Crippen LogP contribution in [0.1, 0.15) is 56.9 Å². The van der Waals surface area contributed by atoms with E-state index in [2.05, 4.69) is 15.5 Å². The van der Waals surface area contributed by atoms with Crippen LogP contribution in [0, 0.1) is 0 Å². The fourth-order valence-electron chi connectivity index (χ4n) is 4.19. The van der Waals surface area contributed by atoms with Gasteiger partial charge in [0.2, 0.25) is 0 Å². The average Bonchev–Trinajstić information content (AvgIpc) is 3.49. The van der Waals surface area contributed by atoms with Crippen molar-refractivity contribution in [3.8, 4) is 0 Å². The molecule has 0 atom stereocenters. The Morgan fingerprint density at radius 3 is 2.26 bits per heavy atom. The molecule has 9 nitrogen and oxygen atoms in total. The van der Waals surface area contributed by atoms with Crippen LogP contribution in [0.3, 0.4) is 0 Å². The van der Waals surface area contributed by atoms with Crippen LogP contribution in [-0.4, -0.2) is 44.5 Å². The zero-order chi connectivity index (χ0) is 21.6. The molecule has 1 saturated carbocycles. The maximum atomic E-state index is 13.1. The monoisotopic (exact) mass is 418 g/mol. The minimum atomic E-state index is -1.34. The number of aromatic amines is 1. The van der Waals surface area contributed by atoms with Gasteiger partial charge in [0.05, 0.1) is 16.6 Å². The van der Waals surface area contributed by atoms with Crippen molar-refractivity contribution < 1.29 is 24.0 Å². The standard InChI is InChI=1S/C22H18N4O5/c27-18(17-15-9-3-4-10-16(15)24-25-17)23-22(11-5-6-12-22)21(30)31-26-19(28)13-7-1-2-8-14(13)20(26)29/h1-4,7-10H,5-6,11-12H2,(H,23,27)(H,24,25).